The van der Waals surface area contributed by atoms with E-state index in [-0.39, 0.29) is 0 Å². The minimum atomic E-state index is 0.434. The number of nitrogens with two attached hydrogens (primary N) is 1. The van der Waals surface area contributed by atoms with Crippen molar-refractivity contribution in [2.45, 2.75) is 18.9 Å². The third-order valence-electron chi connectivity index (χ3n) is 3.75. The van der Waals surface area contributed by atoms with E-state index in [9.17, 15) is 0 Å². The summed E-state index contributed by atoms with van der Waals surface area (Å²) in [6.45, 7) is 1.91. The lowest BCUT2D eigenvalue weighted by atomic mass is 9.85. The monoisotopic (exact) mass is 234 g/mol. The van der Waals surface area contributed by atoms with Crippen LogP contribution in [0.15, 0.2) is 24.3 Å². The van der Waals surface area contributed by atoms with Crippen LogP contribution in [0.25, 0.3) is 0 Å². The molecule has 17 heavy (non-hydrogen) atoms. The molecular weight excluding hydrogens is 212 g/mol. The summed E-state index contributed by atoms with van der Waals surface area (Å²) in [6, 6.07) is 8.80. The van der Waals surface area contributed by atoms with Crippen molar-refractivity contribution in [3.05, 3.63) is 29.8 Å². The molecule has 1 aliphatic rings. The van der Waals surface area contributed by atoms with Gasteiger partial charge in [-0.2, -0.15) is 0 Å². The van der Waals surface area contributed by atoms with Crippen molar-refractivity contribution in [1.82, 2.24) is 4.90 Å². The average molecular weight is 234 g/mol. The third-order valence-corrected chi connectivity index (χ3v) is 3.75. The van der Waals surface area contributed by atoms with Crippen LogP contribution in [0.5, 0.6) is 5.75 Å². The molecule has 0 saturated carbocycles. The fraction of sp³-hybridized carbons (Fsp3) is 0.571. The average Bonchev–Trinajstić information content (AvgIpc) is 2.38. The van der Waals surface area contributed by atoms with Crippen LogP contribution in [0.4, 0.5) is 0 Å². The molecule has 0 spiro atoms. The number of benzene rings is 1. The molecule has 2 N–H and O–H groups in total. The van der Waals surface area contributed by atoms with Gasteiger partial charge in [-0.25, -0.2) is 0 Å². The highest BCUT2D eigenvalue weighted by Crippen LogP contribution is 2.35. The van der Waals surface area contributed by atoms with Gasteiger partial charge < -0.3 is 10.5 Å². The van der Waals surface area contributed by atoms with E-state index < -0.39 is 0 Å². The van der Waals surface area contributed by atoms with Crippen molar-refractivity contribution >= 4 is 0 Å². The van der Waals surface area contributed by atoms with Crippen LogP contribution in [-0.2, 0) is 0 Å². The molecule has 0 amide bonds. The molecule has 0 bridgehead atoms. The zero-order valence-electron chi connectivity index (χ0n) is 10.7. The minimum Gasteiger partial charge on any atom is -0.497 e. The van der Waals surface area contributed by atoms with Crippen molar-refractivity contribution in [2.75, 3.05) is 27.2 Å². The van der Waals surface area contributed by atoms with Crippen molar-refractivity contribution in [3.63, 3.8) is 0 Å². The van der Waals surface area contributed by atoms with Crippen LogP contribution in [0.2, 0.25) is 0 Å². The van der Waals surface area contributed by atoms with Crippen molar-refractivity contribution < 1.29 is 4.74 Å². The molecule has 2 rings (SSSR count). The maximum absolute atomic E-state index is 5.91. The van der Waals surface area contributed by atoms with Gasteiger partial charge in [0, 0.05) is 6.04 Å². The summed E-state index contributed by atoms with van der Waals surface area (Å²) < 4.78 is 5.30. The second kappa shape index (κ2) is 5.52. The van der Waals surface area contributed by atoms with Gasteiger partial charge in [0.2, 0.25) is 0 Å². The molecule has 3 heteroatoms. The fourth-order valence-electron chi connectivity index (χ4n) is 2.86. The number of hydrogen-bond acceptors (Lipinski definition) is 3. The predicted molar refractivity (Wildman–Crippen MR) is 70.1 cm³/mol. The molecule has 1 saturated heterocycles. The van der Waals surface area contributed by atoms with Gasteiger partial charge in [0.15, 0.2) is 0 Å². The molecule has 1 aliphatic heterocycles. The number of nitrogens with zero attached hydrogens (tertiary/aromatic N) is 1. The lowest BCUT2D eigenvalue weighted by Crippen LogP contribution is -2.39. The summed E-state index contributed by atoms with van der Waals surface area (Å²) in [7, 11) is 3.90. The Morgan fingerprint density at radius 2 is 2.29 bits per heavy atom. The van der Waals surface area contributed by atoms with Gasteiger partial charge >= 0.3 is 0 Å². The Kier molecular flexibility index (Phi) is 4.02. The van der Waals surface area contributed by atoms with Crippen molar-refractivity contribution in [3.8, 4) is 5.75 Å². The Balaban J connectivity index is 2.27. The minimum absolute atomic E-state index is 0.434. The molecule has 0 aliphatic carbocycles. The fourth-order valence-corrected chi connectivity index (χ4v) is 2.86. The summed E-state index contributed by atoms with van der Waals surface area (Å²) in [5.74, 6) is 1.48. The zero-order chi connectivity index (χ0) is 12.3. The Morgan fingerprint density at radius 1 is 1.47 bits per heavy atom. The summed E-state index contributed by atoms with van der Waals surface area (Å²) >= 11 is 0. The van der Waals surface area contributed by atoms with E-state index in [0.29, 0.717) is 12.0 Å². The van der Waals surface area contributed by atoms with Crippen LogP contribution in [0, 0.1) is 5.92 Å². The van der Waals surface area contributed by atoms with E-state index in [1.54, 1.807) is 7.11 Å². The predicted octanol–water partition coefficient (Wildman–Crippen LogP) is 2.04. The molecule has 0 aromatic heterocycles. The van der Waals surface area contributed by atoms with Crippen molar-refractivity contribution in [1.29, 1.82) is 0 Å². The van der Waals surface area contributed by atoms with Gasteiger partial charge in [-0.05, 0) is 56.6 Å². The zero-order valence-corrected chi connectivity index (χ0v) is 10.7. The molecule has 2 unspecified atom stereocenters. The van der Waals surface area contributed by atoms with E-state index in [1.165, 1.54) is 18.4 Å². The number of methoxy groups -OCH3 is 1. The molecule has 1 aromatic rings. The van der Waals surface area contributed by atoms with Crippen LogP contribution in [-0.4, -0.2) is 32.1 Å². The molecule has 94 valence electrons. The third kappa shape index (κ3) is 2.61. The molecular formula is C14H22N2O. The van der Waals surface area contributed by atoms with E-state index in [1.807, 2.05) is 6.07 Å². The van der Waals surface area contributed by atoms with Crippen LogP contribution in [0.1, 0.15) is 24.4 Å². The summed E-state index contributed by atoms with van der Waals surface area (Å²) in [4.78, 5) is 2.41. The van der Waals surface area contributed by atoms with Crippen LogP contribution >= 0.6 is 0 Å². The van der Waals surface area contributed by atoms with Gasteiger partial charge in [-0.15, -0.1) is 0 Å². The van der Waals surface area contributed by atoms with Gasteiger partial charge in [-0.1, -0.05) is 12.1 Å². The number of ether oxygens (including phenoxy) is 1. The Hall–Kier alpha value is -1.06. The largest absolute Gasteiger partial charge is 0.497 e. The Bertz CT molecular complexity index is 367. The highest BCUT2D eigenvalue weighted by molar-refractivity contribution is 5.31. The molecule has 3 nitrogen and oxygen atoms in total. The topological polar surface area (TPSA) is 38.5 Å². The number of piperidine rings is 1. The molecule has 1 heterocycles. The molecule has 1 aromatic carbocycles. The molecule has 1 fully saturated rings. The van der Waals surface area contributed by atoms with Gasteiger partial charge in [0.25, 0.3) is 0 Å². The lowest BCUT2D eigenvalue weighted by Gasteiger charge is -2.39. The first-order chi connectivity index (χ1) is 8.26. The highest BCUT2D eigenvalue weighted by Gasteiger charge is 2.29. The summed E-state index contributed by atoms with van der Waals surface area (Å²) in [5.41, 5.74) is 7.23. The van der Waals surface area contributed by atoms with Gasteiger partial charge in [0.1, 0.15) is 5.75 Å². The number of hydrogen-bond donors (Lipinski definition) is 1. The normalized spacial score (nSPS) is 25.8. The lowest BCUT2D eigenvalue weighted by molar-refractivity contribution is 0.125. The first-order valence-corrected chi connectivity index (χ1v) is 6.30. The summed E-state index contributed by atoms with van der Waals surface area (Å²) in [6.07, 6.45) is 2.47. The number of rotatable bonds is 3. The van der Waals surface area contributed by atoms with E-state index in [2.05, 4.69) is 30.1 Å². The van der Waals surface area contributed by atoms with Crippen molar-refractivity contribution in [2.24, 2.45) is 11.7 Å². The second-order valence-electron chi connectivity index (χ2n) is 4.84. The first-order valence-electron chi connectivity index (χ1n) is 6.30. The second-order valence-corrected chi connectivity index (χ2v) is 4.84. The SMILES string of the molecule is COc1cccc(C2C(CN)CCCN2C)c1. The Morgan fingerprint density at radius 3 is 3.00 bits per heavy atom. The van der Waals surface area contributed by atoms with Crippen LogP contribution < -0.4 is 10.5 Å². The van der Waals surface area contributed by atoms with E-state index in [0.717, 1.165) is 18.8 Å². The maximum Gasteiger partial charge on any atom is 0.119 e. The van der Waals surface area contributed by atoms with E-state index in [4.69, 9.17) is 10.5 Å². The first kappa shape index (κ1) is 12.4. The molecule has 0 radical (unpaired) electrons. The number of likely N-dealkylation sites (tertiary alicyclic amines) is 1. The maximum atomic E-state index is 5.91. The van der Waals surface area contributed by atoms with Gasteiger partial charge in [0.05, 0.1) is 7.11 Å². The standard InChI is InChI=1S/C14H22N2O/c1-16-8-4-6-12(10-15)14(16)11-5-3-7-13(9-11)17-2/h3,5,7,9,12,14H,4,6,8,10,15H2,1-2H3. The quantitative estimate of drug-likeness (QED) is 0.869. The van der Waals surface area contributed by atoms with Gasteiger partial charge in [-0.3, -0.25) is 4.90 Å². The van der Waals surface area contributed by atoms with E-state index >= 15 is 0 Å². The smallest absolute Gasteiger partial charge is 0.119 e. The summed E-state index contributed by atoms with van der Waals surface area (Å²) in [5, 5.41) is 0. The molecule has 2 atom stereocenters. The van der Waals surface area contributed by atoms with Crippen LogP contribution in [0.3, 0.4) is 0 Å². The Labute approximate surface area is 104 Å². The highest BCUT2D eigenvalue weighted by atomic mass is 16.5.